The summed E-state index contributed by atoms with van der Waals surface area (Å²) in [5.41, 5.74) is 8.81. The van der Waals surface area contributed by atoms with Gasteiger partial charge in [-0.05, 0) is 87.6 Å². The van der Waals surface area contributed by atoms with Crippen molar-refractivity contribution in [1.82, 2.24) is 14.9 Å². The molecule has 3 aromatic rings. The number of hydrogen-bond donors (Lipinski definition) is 1. The molecule has 4 heterocycles. The lowest BCUT2D eigenvalue weighted by Gasteiger charge is -2.41. The average molecular weight is 601 g/mol. The van der Waals surface area contributed by atoms with Crippen LogP contribution in [0.25, 0.3) is 11.1 Å². The Balaban J connectivity index is 1.55. The van der Waals surface area contributed by atoms with E-state index < -0.39 is 17.7 Å². The van der Waals surface area contributed by atoms with Gasteiger partial charge in [-0.25, -0.2) is 9.78 Å². The third kappa shape index (κ3) is 7.08. The van der Waals surface area contributed by atoms with E-state index in [1.165, 1.54) is 16.7 Å². The number of benzene rings is 1. The first-order valence-corrected chi connectivity index (χ1v) is 15.7. The first-order chi connectivity index (χ1) is 20.7. The number of pyridine rings is 2. The van der Waals surface area contributed by atoms with Crippen molar-refractivity contribution in [1.29, 1.82) is 0 Å². The van der Waals surface area contributed by atoms with Crippen LogP contribution < -0.4 is 9.64 Å². The molecule has 1 N–H and O–H groups in total. The van der Waals surface area contributed by atoms with Crippen LogP contribution in [0.2, 0.25) is 0 Å². The molecule has 236 valence electrons. The number of hydrogen-bond acceptors (Lipinski definition) is 7. The molecule has 0 unspecified atom stereocenters. The molecule has 1 atom stereocenters. The van der Waals surface area contributed by atoms with Crippen LogP contribution in [-0.2, 0) is 29.0 Å². The molecule has 5 rings (SSSR count). The summed E-state index contributed by atoms with van der Waals surface area (Å²) in [6.07, 6.45) is 3.69. The molecule has 0 radical (unpaired) electrons. The Bertz CT molecular complexity index is 1520. The van der Waals surface area contributed by atoms with Gasteiger partial charge in [0.05, 0.1) is 18.4 Å². The first-order valence-electron chi connectivity index (χ1n) is 15.7. The van der Waals surface area contributed by atoms with Gasteiger partial charge in [0.15, 0.2) is 6.10 Å². The van der Waals surface area contributed by atoms with Gasteiger partial charge in [-0.1, -0.05) is 32.0 Å². The van der Waals surface area contributed by atoms with Gasteiger partial charge in [0.2, 0.25) is 5.88 Å². The maximum Gasteiger partial charge on any atom is 0.337 e. The second kappa shape index (κ2) is 12.5. The van der Waals surface area contributed by atoms with Gasteiger partial charge in [0.1, 0.15) is 0 Å². The Morgan fingerprint density at radius 3 is 2.43 bits per heavy atom. The van der Waals surface area contributed by atoms with Gasteiger partial charge < -0.3 is 19.5 Å². The summed E-state index contributed by atoms with van der Waals surface area (Å²) in [7, 11) is 1.64. The van der Waals surface area contributed by atoms with Crippen molar-refractivity contribution in [2.24, 2.45) is 5.41 Å². The van der Waals surface area contributed by atoms with Crippen molar-refractivity contribution in [3.05, 3.63) is 70.2 Å². The molecule has 1 fully saturated rings. The quantitative estimate of drug-likeness (QED) is 0.299. The SMILES string of the molecule is COc1cc(CN2CCc3cc(-c4c(C)nc(C)c([C@H](OC(C)(C)C)C(=O)O)c4N4CCC(C)(C)CC4)ccc3C2)ccn1. The van der Waals surface area contributed by atoms with Gasteiger partial charge in [0, 0.05) is 67.5 Å². The first kappa shape index (κ1) is 31.9. The summed E-state index contributed by atoms with van der Waals surface area (Å²) in [6.45, 7) is 18.7. The number of nitrogens with zero attached hydrogens (tertiary/aromatic N) is 4. The van der Waals surface area contributed by atoms with Crippen LogP contribution in [0, 0.1) is 19.3 Å². The predicted molar refractivity (Wildman–Crippen MR) is 174 cm³/mol. The van der Waals surface area contributed by atoms with Crippen LogP contribution in [-0.4, -0.2) is 58.3 Å². The number of ether oxygens (including phenoxy) is 2. The molecular weight excluding hydrogens is 552 g/mol. The number of methoxy groups -OCH3 is 1. The maximum atomic E-state index is 12.8. The van der Waals surface area contributed by atoms with E-state index in [1.807, 2.05) is 46.8 Å². The highest BCUT2D eigenvalue weighted by Crippen LogP contribution is 2.45. The van der Waals surface area contributed by atoms with Crippen LogP contribution >= 0.6 is 0 Å². The van der Waals surface area contributed by atoms with Gasteiger partial charge >= 0.3 is 5.97 Å². The third-order valence-electron chi connectivity index (χ3n) is 8.97. The largest absolute Gasteiger partial charge is 0.481 e. The summed E-state index contributed by atoms with van der Waals surface area (Å²) >= 11 is 0. The average Bonchev–Trinajstić information content (AvgIpc) is 2.95. The zero-order chi connectivity index (χ0) is 31.8. The number of anilines is 1. The molecule has 2 aromatic heterocycles. The monoisotopic (exact) mass is 600 g/mol. The van der Waals surface area contributed by atoms with Crippen molar-refractivity contribution in [3.63, 3.8) is 0 Å². The molecule has 0 aliphatic carbocycles. The van der Waals surface area contributed by atoms with E-state index in [4.69, 9.17) is 14.5 Å². The zero-order valence-corrected chi connectivity index (χ0v) is 27.7. The van der Waals surface area contributed by atoms with Gasteiger partial charge in [-0.15, -0.1) is 0 Å². The molecular formula is C36H48N4O4. The van der Waals surface area contributed by atoms with Crippen molar-refractivity contribution in [2.45, 2.75) is 92.5 Å². The number of aliphatic carboxylic acids is 1. The lowest BCUT2D eigenvalue weighted by Crippen LogP contribution is -2.39. The lowest BCUT2D eigenvalue weighted by atomic mass is 9.81. The van der Waals surface area contributed by atoms with Crippen LogP contribution in [0.15, 0.2) is 36.5 Å². The molecule has 8 nitrogen and oxygen atoms in total. The fourth-order valence-corrected chi connectivity index (χ4v) is 6.58. The summed E-state index contributed by atoms with van der Waals surface area (Å²) in [5, 5.41) is 10.5. The van der Waals surface area contributed by atoms with E-state index in [2.05, 4.69) is 46.8 Å². The summed E-state index contributed by atoms with van der Waals surface area (Å²) in [5.74, 6) is -0.354. The number of piperidine rings is 1. The van der Waals surface area contributed by atoms with Gasteiger partial charge in [0.25, 0.3) is 0 Å². The van der Waals surface area contributed by atoms with E-state index in [-0.39, 0.29) is 5.41 Å². The number of carboxylic acid groups (broad SMARTS) is 1. The molecule has 2 aliphatic rings. The van der Waals surface area contributed by atoms with Crippen molar-refractivity contribution in [2.75, 3.05) is 31.6 Å². The topological polar surface area (TPSA) is 88.0 Å². The van der Waals surface area contributed by atoms with Crippen molar-refractivity contribution < 1.29 is 19.4 Å². The standard InChI is InChI=1S/C36H48N4O4/c1-23-30(27-9-10-28-22-39(16-12-26(28)20-27)21-25-11-15-37-29(19-25)43-8)32(40-17-13-36(6,7)14-18-40)31(24(2)38-23)33(34(41)42)44-35(3,4)5/h9-11,15,19-20,33H,12-14,16-18,21-22H2,1-8H3,(H,41,42)/t33-/m0/s1. The normalized spacial score (nSPS) is 17.7. The minimum Gasteiger partial charge on any atom is -0.481 e. The summed E-state index contributed by atoms with van der Waals surface area (Å²) < 4.78 is 11.6. The Morgan fingerprint density at radius 1 is 1.05 bits per heavy atom. The number of carboxylic acids is 1. The molecule has 8 heteroatoms. The third-order valence-corrected chi connectivity index (χ3v) is 8.97. The predicted octanol–water partition coefficient (Wildman–Crippen LogP) is 6.89. The number of fused-ring (bicyclic) bond motifs is 1. The van der Waals surface area contributed by atoms with E-state index in [0.29, 0.717) is 17.1 Å². The van der Waals surface area contributed by atoms with Gasteiger partial charge in [-0.2, -0.15) is 0 Å². The molecule has 2 aliphatic heterocycles. The van der Waals surface area contributed by atoms with E-state index in [9.17, 15) is 9.90 Å². The second-order valence-electron chi connectivity index (χ2n) is 14.2. The molecule has 0 spiro atoms. The lowest BCUT2D eigenvalue weighted by molar-refractivity contribution is -0.160. The van der Waals surface area contributed by atoms with Crippen LogP contribution in [0.3, 0.4) is 0 Å². The number of carbonyl (C=O) groups is 1. The van der Waals surface area contributed by atoms with Crippen molar-refractivity contribution in [3.8, 4) is 17.0 Å². The van der Waals surface area contributed by atoms with E-state index in [1.54, 1.807) is 13.3 Å². The molecule has 1 aromatic carbocycles. The molecule has 0 bridgehead atoms. The second-order valence-corrected chi connectivity index (χ2v) is 14.2. The fraction of sp³-hybridized carbons (Fsp3) is 0.528. The van der Waals surface area contributed by atoms with E-state index in [0.717, 1.165) is 74.5 Å². The molecule has 1 saturated heterocycles. The zero-order valence-electron chi connectivity index (χ0n) is 27.7. The highest BCUT2D eigenvalue weighted by molar-refractivity contribution is 5.88. The van der Waals surface area contributed by atoms with Gasteiger partial charge in [-0.3, -0.25) is 9.88 Å². The molecule has 0 saturated carbocycles. The Hall–Kier alpha value is -3.49. The minimum absolute atomic E-state index is 0.251. The van der Waals surface area contributed by atoms with Crippen LogP contribution in [0.1, 0.15) is 87.2 Å². The van der Waals surface area contributed by atoms with Crippen LogP contribution in [0.4, 0.5) is 5.69 Å². The number of aryl methyl sites for hydroxylation is 2. The van der Waals surface area contributed by atoms with E-state index >= 15 is 0 Å². The highest BCUT2D eigenvalue weighted by Gasteiger charge is 2.36. The number of rotatable bonds is 8. The smallest absolute Gasteiger partial charge is 0.337 e. The fourth-order valence-electron chi connectivity index (χ4n) is 6.58. The Kier molecular flexibility index (Phi) is 9.06. The van der Waals surface area contributed by atoms with Crippen molar-refractivity contribution >= 4 is 11.7 Å². The maximum absolute atomic E-state index is 12.8. The minimum atomic E-state index is -1.12. The molecule has 0 amide bonds. The van der Waals surface area contributed by atoms with Crippen LogP contribution in [0.5, 0.6) is 5.88 Å². The highest BCUT2D eigenvalue weighted by atomic mass is 16.5. The Morgan fingerprint density at radius 2 is 1.77 bits per heavy atom. The molecule has 44 heavy (non-hydrogen) atoms. The summed E-state index contributed by atoms with van der Waals surface area (Å²) in [4.78, 5) is 26.8. The number of aromatic nitrogens is 2. The summed E-state index contributed by atoms with van der Waals surface area (Å²) in [6, 6.07) is 10.8. The Labute approximate surface area is 262 Å².